The predicted octanol–water partition coefficient (Wildman–Crippen LogP) is 5.62. The van der Waals surface area contributed by atoms with E-state index in [1.807, 2.05) is 0 Å². The lowest BCUT2D eigenvalue weighted by molar-refractivity contribution is -0.151. The van der Waals surface area contributed by atoms with Crippen molar-refractivity contribution in [2.45, 2.75) is 154 Å². The molecule has 0 bridgehead atoms. The van der Waals surface area contributed by atoms with Crippen molar-refractivity contribution >= 4 is 23.8 Å². The van der Waals surface area contributed by atoms with E-state index in [2.05, 4.69) is 12.2 Å². The third-order valence-electron chi connectivity index (χ3n) is 7.30. The van der Waals surface area contributed by atoms with Gasteiger partial charge in [0.05, 0.1) is 38.6 Å². The molecular formula is C33H63N3O7. The fraction of sp³-hybridized carbons (Fsp3) is 0.879. The van der Waals surface area contributed by atoms with Crippen molar-refractivity contribution in [3.63, 3.8) is 0 Å². The fourth-order valence-corrected chi connectivity index (χ4v) is 4.60. The van der Waals surface area contributed by atoms with Gasteiger partial charge >= 0.3 is 17.9 Å². The SMILES string of the molecule is CCCCCCCCCCCCCCCCCC(=O)OCCCOC(=O)CCC(=O)OCCNC(=O)C(N)CCCCN. The number of carbonyl (C=O) groups is 4. The summed E-state index contributed by atoms with van der Waals surface area (Å²) in [5.74, 6) is -1.58. The van der Waals surface area contributed by atoms with E-state index in [4.69, 9.17) is 25.7 Å². The number of unbranched alkanes of at least 4 members (excludes halogenated alkanes) is 15. The highest BCUT2D eigenvalue weighted by molar-refractivity contribution is 5.81. The molecule has 0 rings (SSSR count). The number of ether oxygens (including phenoxy) is 3. The van der Waals surface area contributed by atoms with E-state index in [1.54, 1.807) is 0 Å². The topological polar surface area (TPSA) is 160 Å². The van der Waals surface area contributed by atoms with Crippen LogP contribution in [0.4, 0.5) is 0 Å². The zero-order chi connectivity index (χ0) is 31.8. The van der Waals surface area contributed by atoms with E-state index >= 15 is 0 Å². The van der Waals surface area contributed by atoms with E-state index in [0.29, 0.717) is 25.8 Å². The molecule has 0 saturated carbocycles. The van der Waals surface area contributed by atoms with E-state index in [9.17, 15) is 19.2 Å². The van der Waals surface area contributed by atoms with Crippen LogP contribution in [-0.4, -0.2) is 62.8 Å². The highest BCUT2D eigenvalue weighted by atomic mass is 16.5. The number of hydrogen-bond acceptors (Lipinski definition) is 9. The standard InChI is InChI=1S/C33H63N3O7/c1-2-3-4-5-6-7-8-9-10-11-12-13-14-15-16-21-30(37)41-26-19-27-42-31(38)22-23-32(39)43-28-25-36-33(40)29(35)20-17-18-24-34/h29H,2-28,34-35H2,1H3,(H,36,40). The van der Waals surface area contributed by atoms with E-state index in [1.165, 1.54) is 77.0 Å². The summed E-state index contributed by atoms with van der Waals surface area (Å²) >= 11 is 0. The summed E-state index contributed by atoms with van der Waals surface area (Å²) in [5.41, 5.74) is 11.2. The molecule has 0 aliphatic rings. The van der Waals surface area contributed by atoms with Crippen LogP contribution in [0.25, 0.3) is 0 Å². The van der Waals surface area contributed by atoms with Gasteiger partial charge in [0.15, 0.2) is 0 Å². The molecule has 5 N–H and O–H groups in total. The average molecular weight is 614 g/mol. The molecule has 1 amide bonds. The highest BCUT2D eigenvalue weighted by Gasteiger charge is 2.13. The monoisotopic (exact) mass is 613 g/mol. The minimum absolute atomic E-state index is 0.0000902. The zero-order valence-electron chi connectivity index (χ0n) is 27.2. The third-order valence-corrected chi connectivity index (χ3v) is 7.30. The Morgan fingerprint density at radius 3 is 1.49 bits per heavy atom. The molecular weight excluding hydrogens is 550 g/mol. The molecule has 43 heavy (non-hydrogen) atoms. The molecule has 252 valence electrons. The lowest BCUT2D eigenvalue weighted by Gasteiger charge is -2.12. The molecule has 0 saturated heterocycles. The van der Waals surface area contributed by atoms with Gasteiger partial charge in [0.1, 0.15) is 6.61 Å². The molecule has 0 aromatic carbocycles. The first kappa shape index (κ1) is 40.8. The molecule has 0 aliphatic carbocycles. The molecule has 1 unspecified atom stereocenters. The average Bonchev–Trinajstić information content (AvgIpc) is 2.99. The maximum Gasteiger partial charge on any atom is 0.306 e. The van der Waals surface area contributed by atoms with E-state index < -0.39 is 18.0 Å². The molecule has 0 aromatic rings. The first-order chi connectivity index (χ1) is 20.9. The number of esters is 3. The predicted molar refractivity (Wildman–Crippen MR) is 170 cm³/mol. The minimum atomic E-state index is -0.612. The van der Waals surface area contributed by atoms with Crippen LogP contribution in [0.5, 0.6) is 0 Å². The van der Waals surface area contributed by atoms with Gasteiger partial charge in [0.2, 0.25) is 5.91 Å². The van der Waals surface area contributed by atoms with Crippen molar-refractivity contribution in [3.8, 4) is 0 Å². The molecule has 10 nitrogen and oxygen atoms in total. The number of carbonyl (C=O) groups excluding carboxylic acids is 4. The van der Waals surface area contributed by atoms with Crippen molar-refractivity contribution in [3.05, 3.63) is 0 Å². The van der Waals surface area contributed by atoms with Gasteiger partial charge < -0.3 is 31.0 Å². The Balaban J connectivity index is 3.48. The molecule has 0 radical (unpaired) electrons. The summed E-state index contributed by atoms with van der Waals surface area (Å²) < 4.78 is 15.3. The lowest BCUT2D eigenvalue weighted by Crippen LogP contribution is -2.41. The second-order valence-electron chi connectivity index (χ2n) is 11.4. The molecule has 0 heterocycles. The molecule has 0 spiro atoms. The Bertz CT molecular complexity index is 706. The van der Waals surface area contributed by atoms with Gasteiger partial charge in [-0.3, -0.25) is 19.2 Å². The summed E-state index contributed by atoms with van der Waals surface area (Å²) in [6.07, 6.45) is 22.0. The first-order valence-corrected chi connectivity index (χ1v) is 17.1. The van der Waals surface area contributed by atoms with Crippen molar-refractivity contribution in [2.75, 3.05) is 32.9 Å². The second kappa shape index (κ2) is 31.2. The molecule has 1 atom stereocenters. The van der Waals surface area contributed by atoms with Crippen LogP contribution < -0.4 is 16.8 Å². The van der Waals surface area contributed by atoms with Crippen LogP contribution in [0.1, 0.15) is 148 Å². The van der Waals surface area contributed by atoms with Crippen LogP contribution in [0.2, 0.25) is 0 Å². The van der Waals surface area contributed by atoms with E-state index in [-0.39, 0.29) is 51.1 Å². The quantitative estimate of drug-likeness (QED) is 0.0512. The van der Waals surface area contributed by atoms with Crippen molar-refractivity contribution in [1.82, 2.24) is 5.32 Å². The van der Waals surface area contributed by atoms with Crippen molar-refractivity contribution < 1.29 is 33.4 Å². The summed E-state index contributed by atoms with van der Waals surface area (Å²) in [7, 11) is 0. The second-order valence-corrected chi connectivity index (χ2v) is 11.4. The molecule has 10 heteroatoms. The summed E-state index contributed by atoms with van der Waals surface area (Å²) in [4.78, 5) is 47.3. The minimum Gasteiger partial charge on any atom is -0.466 e. The maximum absolute atomic E-state index is 11.9. The summed E-state index contributed by atoms with van der Waals surface area (Å²) in [6.45, 7) is 3.30. The van der Waals surface area contributed by atoms with Gasteiger partial charge in [-0.1, -0.05) is 103 Å². The molecule has 0 aliphatic heterocycles. The Morgan fingerprint density at radius 2 is 1.00 bits per heavy atom. The Morgan fingerprint density at radius 1 is 0.558 bits per heavy atom. The lowest BCUT2D eigenvalue weighted by atomic mass is 10.0. The van der Waals surface area contributed by atoms with Gasteiger partial charge in [-0.15, -0.1) is 0 Å². The van der Waals surface area contributed by atoms with Gasteiger partial charge in [-0.05, 0) is 25.8 Å². The highest BCUT2D eigenvalue weighted by Crippen LogP contribution is 2.14. The van der Waals surface area contributed by atoms with Crippen LogP contribution in [-0.2, 0) is 33.4 Å². The third kappa shape index (κ3) is 29.6. The molecule has 0 fully saturated rings. The van der Waals surface area contributed by atoms with Gasteiger partial charge in [0, 0.05) is 12.8 Å². The Kier molecular flexibility index (Phi) is 29.6. The molecule has 0 aromatic heterocycles. The number of nitrogens with two attached hydrogens (primary N) is 2. The fourth-order valence-electron chi connectivity index (χ4n) is 4.60. The first-order valence-electron chi connectivity index (χ1n) is 17.1. The van der Waals surface area contributed by atoms with Crippen LogP contribution >= 0.6 is 0 Å². The van der Waals surface area contributed by atoms with Crippen LogP contribution in [0.15, 0.2) is 0 Å². The maximum atomic E-state index is 11.9. The smallest absolute Gasteiger partial charge is 0.306 e. The van der Waals surface area contributed by atoms with Gasteiger partial charge in [0.25, 0.3) is 0 Å². The number of nitrogens with one attached hydrogen (secondary N) is 1. The van der Waals surface area contributed by atoms with Gasteiger partial charge in [-0.25, -0.2) is 0 Å². The van der Waals surface area contributed by atoms with Crippen LogP contribution in [0.3, 0.4) is 0 Å². The summed E-state index contributed by atoms with van der Waals surface area (Å²) in [6, 6.07) is -0.612. The van der Waals surface area contributed by atoms with Crippen molar-refractivity contribution in [2.24, 2.45) is 11.5 Å². The number of amides is 1. The largest absolute Gasteiger partial charge is 0.466 e. The van der Waals surface area contributed by atoms with Crippen LogP contribution in [0, 0.1) is 0 Å². The number of hydrogen-bond donors (Lipinski definition) is 3. The van der Waals surface area contributed by atoms with Gasteiger partial charge in [-0.2, -0.15) is 0 Å². The van der Waals surface area contributed by atoms with Crippen molar-refractivity contribution in [1.29, 1.82) is 0 Å². The Hall–Kier alpha value is -2.20. The summed E-state index contributed by atoms with van der Waals surface area (Å²) in [5, 5.41) is 2.61. The van der Waals surface area contributed by atoms with E-state index in [0.717, 1.165) is 32.1 Å². The Labute approximate surface area is 261 Å². The number of rotatable bonds is 31. The zero-order valence-corrected chi connectivity index (χ0v) is 27.2. The normalized spacial score (nSPS) is 11.6.